The highest BCUT2D eigenvalue weighted by Gasteiger charge is 2.53. The number of morpholine rings is 1. The molecule has 1 N–H and O–H groups in total. The minimum Gasteiger partial charge on any atom is -0.379 e. The number of aromatic nitrogens is 2. The molecule has 3 fully saturated rings. The van der Waals surface area contributed by atoms with Crippen molar-refractivity contribution in [3.63, 3.8) is 0 Å². The fourth-order valence-electron chi connectivity index (χ4n) is 4.61. The quantitative estimate of drug-likeness (QED) is 0.814. The van der Waals surface area contributed by atoms with Crippen LogP contribution < -0.4 is 5.32 Å². The van der Waals surface area contributed by atoms with Gasteiger partial charge in [0.25, 0.3) is 10.0 Å². The van der Waals surface area contributed by atoms with Crippen LogP contribution in [0.1, 0.15) is 25.0 Å². The molecule has 0 amide bonds. The molecule has 11 heteroatoms. The Labute approximate surface area is 155 Å². The second-order valence-corrected chi connectivity index (χ2v) is 9.79. The first-order chi connectivity index (χ1) is 12.6. The molecule has 1 saturated carbocycles. The minimum absolute atomic E-state index is 0.0671. The Bertz CT molecular complexity index is 811. The molecular weight excluding hydrogens is 385 g/mol. The Morgan fingerprint density at radius 3 is 2.70 bits per heavy atom. The lowest BCUT2D eigenvalue weighted by molar-refractivity contribution is -0.141. The van der Waals surface area contributed by atoms with Crippen LogP contribution in [0, 0.1) is 11.3 Å². The first-order valence-electron chi connectivity index (χ1n) is 9.03. The number of rotatable bonds is 3. The highest BCUT2D eigenvalue weighted by Crippen LogP contribution is 2.50. The number of aryl methyl sites for hydroxylation is 1. The molecule has 2 aliphatic heterocycles. The summed E-state index contributed by atoms with van der Waals surface area (Å²) in [6, 6.07) is 0.913. The molecule has 3 aliphatic rings. The SMILES string of the molecule is Cn1nc(C(F)(F)F)cc1S(=O)(=O)N1CC2(CCC(C3COCCN3)C2)C1. The van der Waals surface area contributed by atoms with Crippen molar-refractivity contribution < 1.29 is 26.3 Å². The van der Waals surface area contributed by atoms with Gasteiger partial charge in [-0.05, 0) is 30.6 Å². The van der Waals surface area contributed by atoms with E-state index in [-0.39, 0.29) is 5.41 Å². The van der Waals surface area contributed by atoms with Gasteiger partial charge in [0.1, 0.15) is 0 Å². The molecule has 0 bridgehead atoms. The summed E-state index contributed by atoms with van der Waals surface area (Å²) in [6.45, 7) is 2.93. The van der Waals surface area contributed by atoms with E-state index in [2.05, 4.69) is 10.4 Å². The summed E-state index contributed by atoms with van der Waals surface area (Å²) < 4.78 is 71.6. The van der Waals surface area contributed by atoms with E-state index in [1.54, 1.807) is 0 Å². The predicted octanol–water partition coefficient (Wildman–Crippen LogP) is 1.22. The van der Waals surface area contributed by atoms with Crippen molar-refractivity contribution in [2.45, 2.75) is 36.5 Å². The van der Waals surface area contributed by atoms with Crippen LogP contribution in [0.2, 0.25) is 0 Å². The highest BCUT2D eigenvalue weighted by atomic mass is 32.2. The Balaban J connectivity index is 1.44. The largest absolute Gasteiger partial charge is 0.435 e. The lowest BCUT2D eigenvalue weighted by Crippen LogP contribution is -2.57. The number of nitrogens with zero attached hydrogens (tertiary/aromatic N) is 3. The van der Waals surface area contributed by atoms with E-state index in [0.717, 1.165) is 30.5 Å². The van der Waals surface area contributed by atoms with Gasteiger partial charge >= 0.3 is 6.18 Å². The molecule has 2 atom stereocenters. The average Bonchev–Trinajstić information content (AvgIpc) is 3.18. The maximum atomic E-state index is 12.8. The van der Waals surface area contributed by atoms with Crippen molar-refractivity contribution in [1.29, 1.82) is 0 Å². The predicted molar refractivity (Wildman–Crippen MR) is 89.4 cm³/mol. The second kappa shape index (κ2) is 6.43. The monoisotopic (exact) mass is 408 g/mol. The Morgan fingerprint density at radius 2 is 2.11 bits per heavy atom. The third-order valence-corrected chi connectivity index (χ3v) is 7.86. The van der Waals surface area contributed by atoms with E-state index in [9.17, 15) is 21.6 Å². The Hall–Kier alpha value is -1.17. The second-order valence-electron chi connectivity index (χ2n) is 7.90. The number of ether oxygens (including phenoxy) is 1. The smallest absolute Gasteiger partial charge is 0.379 e. The average molecular weight is 408 g/mol. The molecule has 1 aromatic rings. The molecule has 3 heterocycles. The molecular formula is C16H23F3N4O3S. The molecule has 0 aromatic carbocycles. The fourth-order valence-corrected chi connectivity index (χ4v) is 6.39. The Kier molecular flexibility index (Phi) is 4.56. The van der Waals surface area contributed by atoms with E-state index < -0.39 is 26.9 Å². The number of hydrogen-bond acceptors (Lipinski definition) is 5. The van der Waals surface area contributed by atoms with Crippen LogP contribution in [0.25, 0.3) is 0 Å². The van der Waals surface area contributed by atoms with E-state index in [0.29, 0.717) is 44.3 Å². The van der Waals surface area contributed by atoms with Crippen LogP contribution in [-0.2, 0) is 28.0 Å². The number of sulfonamides is 1. The first-order valence-corrected chi connectivity index (χ1v) is 10.5. The van der Waals surface area contributed by atoms with Gasteiger partial charge in [-0.2, -0.15) is 22.6 Å². The summed E-state index contributed by atoms with van der Waals surface area (Å²) in [7, 11) is -2.76. The van der Waals surface area contributed by atoms with E-state index in [1.807, 2.05) is 0 Å². The topological polar surface area (TPSA) is 76.5 Å². The molecule has 2 saturated heterocycles. The van der Waals surface area contributed by atoms with Gasteiger partial charge in [0, 0.05) is 38.8 Å². The zero-order valence-corrected chi connectivity index (χ0v) is 15.8. The van der Waals surface area contributed by atoms with Crippen LogP contribution in [0.5, 0.6) is 0 Å². The number of alkyl halides is 3. The summed E-state index contributed by atoms with van der Waals surface area (Å²) >= 11 is 0. The van der Waals surface area contributed by atoms with Gasteiger partial charge < -0.3 is 10.1 Å². The van der Waals surface area contributed by atoms with E-state index in [4.69, 9.17) is 4.74 Å². The van der Waals surface area contributed by atoms with Crippen molar-refractivity contribution in [1.82, 2.24) is 19.4 Å². The summed E-state index contributed by atoms with van der Waals surface area (Å²) in [5, 5.41) is 6.36. The van der Waals surface area contributed by atoms with Gasteiger partial charge in [0.05, 0.1) is 13.2 Å². The molecule has 1 aromatic heterocycles. The third kappa shape index (κ3) is 3.39. The highest BCUT2D eigenvalue weighted by molar-refractivity contribution is 7.89. The van der Waals surface area contributed by atoms with Gasteiger partial charge in [-0.15, -0.1) is 0 Å². The van der Waals surface area contributed by atoms with Gasteiger partial charge in [0.15, 0.2) is 10.7 Å². The summed E-state index contributed by atoms with van der Waals surface area (Å²) in [6.07, 6.45) is -1.81. The molecule has 4 rings (SSSR count). The van der Waals surface area contributed by atoms with Gasteiger partial charge in [-0.25, -0.2) is 8.42 Å². The first kappa shape index (κ1) is 19.2. The molecule has 2 unspecified atom stereocenters. The van der Waals surface area contributed by atoms with Crippen molar-refractivity contribution in [2.24, 2.45) is 18.4 Å². The Morgan fingerprint density at radius 1 is 1.37 bits per heavy atom. The van der Waals surface area contributed by atoms with Crippen molar-refractivity contribution >= 4 is 10.0 Å². The molecule has 0 radical (unpaired) electrons. The molecule has 27 heavy (non-hydrogen) atoms. The van der Waals surface area contributed by atoms with Crippen LogP contribution in [-0.4, -0.2) is 61.4 Å². The van der Waals surface area contributed by atoms with Crippen LogP contribution in [0.15, 0.2) is 11.1 Å². The van der Waals surface area contributed by atoms with Crippen LogP contribution in [0.4, 0.5) is 13.2 Å². The zero-order chi connectivity index (χ0) is 19.4. The lowest BCUT2D eigenvalue weighted by atomic mass is 9.78. The van der Waals surface area contributed by atoms with E-state index in [1.165, 1.54) is 11.4 Å². The zero-order valence-electron chi connectivity index (χ0n) is 15.0. The minimum atomic E-state index is -4.67. The standard InChI is InChI=1S/C16H23F3N4O3S/c1-22-14(6-13(21-22)16(17,18)19)27(24,25)23-9-15(10-23)3-2-11(7-15)12-8-26-5-4-20-12/h6,11-12,20H,2-5,7-10H2,1H3. The molecule has 1 aliphatic carbocycles. The van der Waals surface area contributed by atoms with Gasteiger partial charge in [0.2, 0.25) is 0 Å². The number of halogens is 3. The van der Waals surface area contributed by atoms with Gasteiger partial charge in [-0.3, -0.25) is 4.68 Å². The van der Waals surface area contributed by atoms with Gasteiger partial charge in [-0.1, -0.05) is 0 Å². The van der Waals surface area contributed by atoms with Crippen molar-refractivity contribution in [2.75, 3.05) is 32.8 Å². The van der Waals surface area contributed by atoms with Crippen LogP contribution >= 0.6 is 0 Å². The van der Waals surface area contributed by atoms with Crippen LogP contribution in [0.3, 0.4) is 0 Å². The van der Waals surface area contributed by atoms with Crippen molar-refractivity contribution in [3.8, 4) is 0 Å². The van der Waals surface area contributed by atoms with E-state index >= 15 is 0 Å². The lowest BCUT2D eigenvalue weighted by Gasteiger charge is -2.47. The fraction of sp³-hybridized carbons (Fsp3) is 0.812. The third-order valence-electron chi connectivity index (χ3n) is 6.02. The summed E-state index contributed by atoms with van der Waals surface area (Å²) in [5.74, 6) is 0.448. The normalized spacial score (nSPS) is 29.2. The maximum absolute atomic E-state index is 12.8. The van der Waals surface area contributed by atoms with Crippen molar-refractivity contribution in [3.05, 3.63) is 11.8 Å². The molecule has 1 spiro atoms. The molecule has 7 nitrogen and oxygen atoms in total. The summed E-state index contributed by atoms with van der Waals surface area (Å²) in [5.41, 5.74) is -1.26. The maximum Gasteiger partial charge on any atom is 0.435 e. The summed E-state index contributed by atoms with van der Waals surface area (Å²) in [4.78, 5) is 0. The number of nitrogens with one attached hydrogen (secondary N) is 1. The number of hydrogen-bond donors (Lipinski definition) is 1. The molecule has 152 valence electrons.